The van der Waals surface area contributed by atoms with Crippen molar-refractivity contribution in [2.45, 2.75) is 37.9 Å². The van der Waals surface area contributed by atoms with E-state index in [1.54, 1.807) is 0 Å². The van der Waals surface area contributed by atoms with Crippen molar-refractivity contribution in [2.75, 3.05) is 0 Å². The molecule has 1 atom stereocenters. The van der Waals surface area contributed by atoms with Gasteiger partial charge in [-0.3, -0.25) is 0 Å². The summed E-state index contributed by atoms with van der Waals surface area (Å²) >= 11 is 0. The van der Waals surface area contributed by atoms with E-state index in [-0.39, 0.29) is 5.92 Å². The van der Waals surface area contributed by atoms with Crippen LogP contribution < -0.4 is 5.73 Å². The molecule has 16 heavy (non-hydrogen) atoms. The van der Waals surface area contributed by atoms with Crippen LogP contribution in [0.25, 0.3) is 0 Å². The van der Waals surface area contributed by atoms with Crippen LogP contribution in [-0.4, -0.2) is 24.2 Å². The molecule has 0 bridgehead atoms. The summed E-state index contributed by atoms with van der Waals surface area (Å²) in [7, 11) is 0. The fourth-order valence-corrected chi connectivity index (χ4v) is 1.73. The molecule has 1 unspecified atom stereocenters. The van der Waals surface area contributed by atoms with E-state index in [2.05, 4.69) is 4.74 Å². The molecule has 1 saturated carbocycles. The van der Waals surface area contributed by atoms with E-state index >= 15 is 0 Å². The van der Waals surface area contributed by atoms with Gasteiger partial charge in [-0.05, 0) is 18.8 Å². The Kier molecular flexibility index (Phi) is 3.90. The standard InChI is InChI=1S/C9H12F3NO3/c10-9(11,12)8(15)16-7(14)6(13)5-3-1-2-4-5/h5-6H,1-4,13H2. The lowest BCUT2D eigenvalue weighted by Crippen LogP contribution is -2.41. The monoisotopic (exact) mass is 239 g/mol. The molecule has 0 heterocycles. The average Bonchev–Trinajstić information content (AvgIpc) is 2.67. The molecule has 0 aromatic rings. The van der Waals surface area contributed by atoms with Crippen molar-refractivity contribution in [3.05, 3.63) is 0 Å². The minimum absolute atomic E-state index is 0.187. The molecule has 1 rings (SSSR count). The Morgan fingerprint density at radius 2 is 1.75 bits per heavy atom. The number of alkyl halides is 3. The molecule has 0 aromatic carbocycles. The Bertz CT molecular complexity index is 284. The molecule has 1 aliphatic rings. The quantitative estimate of drug-likeness (QED) is 0.579. The SMILES string of the molecule is NC(C(=O)OC(=O)C(F)(F)F)C1CCCC1. The number of rotatable bonds is 2. The zero-order chi connectivity index (χ0) is 12.3. The Morgan fingerprint density at radius 1 is 1.25 bits per heavy atom. The molecule has 0 aromatic heterocycles. The average molecular weight is 239 g/mol. The minimum Gasteiger partial charge on any atom is -0.385 e. The molecule has 2 N–H and O–H groups in total. The number of esters is 2. The number of nitrogens with two attached hydrogens (primary N) is 1. The van der Waals surface area contributed by atoms with Crippen molar-refractivity contribution in [3.63, 3.8) is 0 Å². The predicted octanol–water partition coefficient (Wildman–Crippen LogP) is 1.14. The predicted molar refractivity (Wildman–Crippen MR) is 47.1 cm³/mol. The van der Waals surface area contributed by atoms with Gasteiger partial charge in [-0.1, -0.05) is 12.8 Å². The van der Waals surface area contributed by atoms with Crippen molar-refractivity contribution in [1.29, 1.82) is 0 Å². The third-order valence-corrected chi connectivity index (χ3v) is 2.60. The Morgan fingerprint density at radius 3 is 2.19 bits per heavy atom. The van der Waals surface area contributed by atoms with Crippen molar-refractivity contribution in [1.82, 2.24) is 0 Å². The maximum absolute atomic E-state index is 11.8. The molecule has 0 spiro atoms. The van der Waals surface area contributed by atoms with Gasteiger partial charge in [0.2, 0.25) is 0 Å². The molecule has 0 radical (unpaired) electrons. The van der Waals surface area contributed by atoms with E-state index in [0.717, 1.165) is 12.8 Å². The van der Waals surface area contributed by atoms with Crippen LogP contribution in [0.4, 0.5) is 13.2 Å². The highest BCUT2D eigenvalue weighted by atomic mass is 19.4. The smallest absolute Gasteiger partial charge is 0.385 e. The van der Waals surface area contributed by atoms with Crippen LogP contribution in [-0.2, 0) is 14.3 Å². The Hall–Kier alpha value is -1.11. The van der Waals surface area contributed by atoms with Gasteiger partial charge in [0, 0.05) is 0 Å². The summed E-state index contributed by atoms with van der Waals surface area (Å²) in [5, 5.41) is 0. The summed E-state index contributed by atoms with van der Waals surface area (Å²) in [6.45, 7) is 0. The van der Waals surface area contributed by atoms with E-state index in [4.69, 9.17) is 5.73 Å². The van der Waals surface area contributed by atoms with Crippen LogP contribution in [0.3, 0.4) is 0 Å². The molecule has 0 saturated heterocycles. The number of carbonyl (C=O) groups is 2. The highest BCUT2D eigenvalue weighted by molar-refractivity contribution is 5.90. The molecular formula is C9H12F3NO3. The largest absolute Gasteiger partial charge is 0.491 e. The van der Waals surface area contributed by atoms with Gasteiger partial charge in [0.05, 0.1) is 0 Å². The van der Waals surface area contributed by atoms with E-state index in [1.165, 1.54) is 0 Å². The van der Waals surface area contributed by atoms with Crippen LogP contribution >= 0.6 is 0 Å². The van der Waals surface area contributed by atoms with Gasteiger partial charge in [-0.15, -0.1) is 0 Å². The number of halogens is 3. The van der Waals surface area contributed by atoms with Gasteiger partial charge in [0.25, 0.3) is 0 Å². The zero-order valence-electron chi connectivity index (χ0n) is 8.42. The maximum atomic E-state index is 11.8. The molecule has 92 valence electrons. The van der Waals surface area contributed by atoms with Crippen LogP contribution in [0.1, 0.15) is 25.7 Å². The maximum Gasteiger partial charge on any atom is 0.491 e. The second-order valence-corrected chi connectivity index (χ2v) is 3.78. The van der Waals surface area contributed by atoms with Crippen molar-refractivity contribution >= 4 is 11.9 Å². The van der Waals surface area contributed by atoms with Gasteiger partial charge in [-0.2, -0.15) is 13.2 Å². The summed E-state index contributed by atoms with van der Waals surface area (Å²) in [4.78, 5) is 21.5. The molecule has 0 aliphatic heterocycles. The van der Waals surface area contributed by atoms with E-state index in [9.17, 15) is 22.8 Å². The highest BCUT2D eigenvalue weighted by Gasteiger charge is 2.43. The number of ether oxygens (including phenoxy) is 1. The molecule has 7 heteroatoms. The topological polar surface area (TPSA) is 69.4 Å². The minimum atomic E-state index is -5.16. The third kappa shape index (κ3) is 3.19. The van der Waals surface area contributed by atoms with Gasteiger partial charge in [-0.25, -0.2) is 9.59 Å². The van der Waals surface area contributed by atoms with Crippen LogP contribution in [0, 0.1) is 5.92 Å². The lowest BCUT2D eigenvalue weighted by molar-refractivity contribution is -0.202. The van der Waals surface area contributed by atoms with Gasteiger partial charge < -0.3 is 10.5 Å². The fraction of sp³-hybridized carbons (Fsp3) is 0.778. The first-order valence-corrected chi connectivity index (χ1v) is 4.91. The van der Waals surface area contributed by atoms with E-state index in [1.807, 2.05) is 0 Å². The third-order valence-electron chi connectivity index (χ3n) is 2.60. The Labute approximate surface area is 89.9 Å². The van der Waals surface area contributed by atoms with Gasteiger partial charge >= 0.3 is 18.1 Å². The lowest BCUT2D eigenvalue weighted by atomic mass is 9.99. The second kappa shape index (κ2) is 4.82. The molecule has 4 nitrogen and oxygen atoms in total. The summed E-state index contributed by atoms with van der Waals surface area (Å²) in [6, 6.07) is -1.14. The highest BCUT2D eigenvalue weighted by Crippen LogP contribution is 2.27. The normalized spacial score (nSPS) is 19.5. The summed E-state index contributed by atoms with van der Waals surface area (Å²) in [6.07, 6.45) is -2.03. The molecule has 0 amide bonds. The first-order valence-electron chi connectivity index (χ1n) is 4.91. The van der Waals surface area contributed by atoms with Crippen LogP contribution in [0.2, 0.25) is 0 Å². The van der Waals surface area contributed by atoms with Crippen molar-refractivity contribution < 1.29 is 27.5 Å². The summed E-state index contributed by atoms with van der Waals surface area (Å²) < 4.78 is 39.0. The van der Waals surface area contributed by atoms with Crippen LogP contribution in [0.5, 0.6) is 0 Å². The first kappa shape index (κ1) is 13.0. The van der Waals surface area contributed by atoms with E-state index in [0.29, 0.717) is 12.8 Å². The fourth-order valence-electron chi connectivity index (χ4n) is 1.73. The first-order chi connectivity index (χ1) is 7.32. The second-order valence-electron chi connectivity index (χ2n) is 3.78. The Balaban J connectivity index is 2.48. The summed E-state index contributed by atoms with van der Waals surface area (Å²) in [5.74, 6) is -3.99. The van der Waals surface area contributed by atoms with Gasteiger partial charge in [0.15, 0.2) is 0 Å². The molecule has 1 fully saturated rings. The number of hydrogen-bond acceptors (Lipinski definition) is 4. The number of carbonyl (C=O) groups excluding carboxylic acids is 2. The molecular weight excluding hydrogens is 227 g/mol. The van der Waals surface area contributed by atoms with Crippen LogP contribution in [0.15, 0.2) is 0 Å². The lowest BCUT2D eigenvalue weighted by Gasteiger charge is -2.16. The number of hydrogen-bond donors (Lipinski definition) is 1. The summed E-state index contributed by atoms with van der Waals surface area (Å²) in [5.41, 5.74) is 5.42. The van der Waals surface area contributed by atoms with Gasteiger partial charge in [0.1, 0.15) is 6.04 Å². The van der Waals surface area contributed by atoms with E-state index < -0.39 is 24.2 Å². The molecule has 1 aliphatic carbocycles. The van der Waals surface area contributed by atoms with Crippen molar-refractivity contribution in [3.8, 4) is 0 Å². The van der Waals surface area contributed by atoms with Crippen molar-refractivity contribution in [2.24, 2.45) is 11.7 Å². The zero-order valence-corrected chi connectivity index (χ0v) is 8.42.